The third kappa shape index (κ3) is 6.73. The normalized spacial score (nSPS) is 10.3. The minimum Gasteiger partial charge on any atom is -0.444 e. The Labute approximate surface area is 119 Å². The summed E-state index contributed by atoms with van der Waals surface area (Å²) >= 11 is 5.74. The van der Waals surface area contributed by atoms with Gasteiger partial charge in [0.2, 0.25) is 0 Å². The Morgan fingerprint density at radius 3 is 2.79 bits per heavy atom. The second kappa shape index (κ2) is 7.06. The van der Waals surface area contributed by atoms with Crippen LogP contribution in [0, 0.1) is 11.8 Å². The van der Waals surface area contributed by atoms with Gasteiger partial charge in [-0.2, -0.15) is 0 Å². The molecule has 0 aliphatic heterocycles. The Kier molecular flexibility index (Phi) is 5.72. The zero-order valence-corrected chi connectivity index (χ0v) is 12.2. The maximum absolute atomic E-state index is 11.4. The third-order valence-corrected chi connectivity index (χ3v) is 2.34. The van der Waals surface area contributed by atoms with Crippen LogP contribution in [0.15, 0.2) is 24.3 Å². The second-order valence-corrected chi connectivity index (χ2v) is 5.26. The Balaban J connectivity index is 2.45. The lowest BCUT2D eigenvalue weighted by molar-refractivity contribution is 0.0535. The number of amides is 1. The van der Waals surface area contributed by atoms with Gasteiger partial charge in [-0.05, 0) is 38.5 Å². The highest BCUT2D eigenvalue weighted by Gasteiger charge is 2.14. The zero-order valence-electron chi connectivity index (χ0n) is 11.4. The van der Waals surface area contributed by atoms with Crippen molar-refractivity contribution in [2.75, 3.05) is 6.54 Å². The van der Waals surface area contributed by atoms with E-state index >= 15 is 0 Å². The van der Waals surface area contributed by atoms with E-state index in [-0.39, 0.29) is 6.54 Å². The highest BCUT2D eigenvalue weighted by Crippen LogP contribution is 2.07. The van der Waals surface area contributed by atoms with Crippen molar-refractivity contribution < 1.29 is 9.53 Å². The van der Waals surface area contributed by atoms with E-state index in [0.29, 0.717) is 5.88 Å². The van der Waals surface area contributed by atoms with E-state index in [4.69, 9.17) is 16.3 Å². The lowest BCUT2D eigenvalue weighted by Crippen LogP contribution is -2.32. The molecule has 1 aromatic rings. The van der Waals surface area contributed by atoms with Crippen LogP contribution in [-0.2, 0) is 10.6 Å². The summed E-state index contributed by atoms with van der Waals surface area (Å²) in [5, 5.41) is 2.58. The molecular weight excluding hydrogens is 262 g/mol. The van der Waals surface area contributed by atoms with Crippen LogP contribution in [0.1, 0.15) is 31.9 Å². The summed E-state index contributed by atoms with van der Waals surface area (Å²) in [7, 11) is 0. The molecular formula is C15H18ClNO2. The molecule has 102 valence electrons. The molecule has 0 spiro atoms. The highest BCUT2D eigenvalue weighted by molar-refractivity contribution is 6.17. The number of benzene rings is 1. The molecule has 0 heterocycles. The summed E-state index contributed by atoms with van der Waals surface area (Å²) in [6.45, 7) is 5.70. The molecule has 19 heavy (non-hydrogen) atoms. The second-order valence-electron chi connectivity index (χ2n) is 4.99. The molecule has 0 aliphatic rings. The summed E-state index contributed by atoms with van der Waals surface area (Å²) in [6.07, 6.45) is -0.462. The van der Waals surface area contributed by atoms with Crippen LogP contribution in [0.4, 0.5) is 4.79 Å². The molecule has 0 unspecified atom stereocenters. The molecule has 0 saturated heterocycles. The van der Waals surface area contributed by atoms with Gasteiger partial charge in [0.15, 0.2) is 0 Å². The molecule has 0 aromatic heterocycles. The largest absolute Gasteiger partial charge is 0.444 e. The average molecular weight is 280 g/mol. The Morgan fingerprint density at radius 1 is 1.42 bits per heavy atom. The van der Waals surface area contributed by atoms with E-state index in [2.05, 4.69) is 17.2 Å². The number of carbonyl (C=O) groups is 1. The molecule has 0 aliphatic carbocycles. The molecule has 0 fully saturated rings. The van der Waals surface area contributed by atoms with E-state index in [1.165, 1.54) is 0 Å². The van der Waals surface area contributed by atoms with Crippen molar-refractivity contribution in [2.45, 2.75) is 32.3 Å². The van der Waals surface area contributed by atoms with Gasteiger partial charge in [0.05, 0.1) is 6.54 Å². The monoisotopic (exact) mass is 279 g/mol. The van der Waals surface area contributed by atoms with Gasteiger partial charge in [0.1, 0.15) is 5.60 Å². The topological polar surface area (TPSA) is 38.3 Å². The van der Waals surface area contributed by atoms with Crippen molar-refractivity contribution in [3.05, 3.63) is 35.4 Å². The summed E-state index contributed by atoms with van der Waals surface area (Å²) in [6, 6.07) is 7.67. The fourth-order valence-electron chi connectivity index (χ4n) is 1.31. The maximum atomic E-state index is 11.4. The number of hydrogen-bond acceptors (Lipinski definition) is 2. The highest BCUT2D eigenvalue weighted by atomic mass is 35.5. The first-order valence-corrected chi connectivity index (χ1v) is 6.55. The Hall–Kier alpha value is -1.66. The molecule has 3 nitrogen and oxygen atoms in total. The van der Waals surface area contributed by atoms with E-state index in [0.717, 1.165) is 11.1 Å². The van der Waals surface area contributed by atoms with Gasteiger partial charge in [-0.3, -0.25) is 0 Å². The van der Waals surface area contributed by atoms with Gasteiger partial charge in [0.25, 0.3) is 0 Å². The molecule has 1 N–H and O–H groups in total. The first-order chi connectivity index (χ1) is 8.90. The summed E-state index contributed by atoms with van der Waals surface area (Å²) < 4.78 is 5.09. The van der Waals surface area contributed by atoms with Crippen molar-refractivity contribution in [2.24, 2.45) is 0 Å². The number of ether oxygens (including phenoxy) is 1. The lowest BCUT2D eigenvalue weighted by Gasteiger charge is -2.18. The van der Waals surface area contributed by atoms with Crippen LogP contribution in [0.3, 0.4) is 0 Å². The fraction of sp³-hybridized carbons (Fsp3) is 0.400. The minimum atomic E-state index is -0.494. The SMILES string of the molecule is CC(C)(C)OC(=O)NCC#Cc1cccc(CCl)c1. The van der Waals surface area contributed by atoms with Crippen LogP contribution in [0.2, 0.25) is 0 Å². The number of alkyl carbamates (subject to hydrolysis) is 1. The first kappa shape index (κ1) is 15.4. The number of rotatable bonds is 2. The number of carbonyl (C=O) groups excluding carboxylic acids is 1. The standard InChI is InChI=1S/C15H18ClNO2/c1-15(2,3)19-14(18)17-9-5-8-12-6-4-7-13(10-12)11-16/h4,6-7,10H,9,11H2,1-3H3,(H,17,18). The zero-order chi connectivity index (χ0) is 14.3. The van der Waals surface area contributed by atoms with Crippen molar-refractivity contribution in [1.29, 1.82) is 0 Å². The molecule has 0 radical (unpaired) electrons. The van der Waals surface area contributed by atoms with E-state index in [1.54, 1.807) is 0 Å². The number of hydrogen-bond donors (Lipinski definition) is 1. The molecule has 1 aromatic carbocycles. The average Bonchev–Trinajstić information content (AvgIpc) is 2.33. The van der Waals surface area contributed by atoms with Gasteiger partial charge in [-0.1, -0.05) is 24.0 Å². The molecule has 0 atom stereocenters. The molecule has 4 heteroatoms. The van der Waals surface area contributed by atoms with Crippen LogP contribution < -0.4 is 5.32 Å². The summed E-state index contributed by atoms with van der Waals surface area (Å²) in [4.78, 5) is 11.4. The van der Waals surface area contributed by atoms with Gasteiger partial charge in [-0.15, -0.1) is 11.6 Å². The first-order valence-electron chi connectivity index (χ1n) is 6.01. The maximum Gasteiger partial charge on any atom is 0.408 e. The van der Waals surface area contributed by atoms with E-state index in [1.807, 2.05) is 45.0 Å². The molecule has 0 saturated carbocycles. The number of nitrogens with one attached hydrogen (secondary N) is 1. The Morgan fingerprint density at radius 2 is 2.16 bits per heavy atom. The van der Waals surface area contributed by atoms with Crippen LogP contribution in [-0.4, -0.2) is 18.2 Å². The van der Waals surface area contributed by atoms with Crippen LogP contribution >= 0.6 is 11.6 Å². The smallest absolute Gasteiger partial charge is 0.408 e. The quantitative estimate of drug-likeness (QED) is 0.666. The van der Waals surface area contributed by atoms with Crippen LogP contribution in [0.5, 0.6) is 0 Å². The van der Waals surface area contributed by atoms with Crippen LogP contribution in [0.25, 0.3) is 0 Å². The van der Waals surface area contributed by atoms with E-state index in [9.17, 15) is 4.79 Å². The number of halogens is 1. The Bertz CT molecular complexity index is 495. The van der Waals surface area contributed by atoms with Gasteiger partial charge in [0, 0.05) is 11.4 Å². The number of alkyl halides is 1. The van der Waals surface area contributed by atoms with Gasteiger partial charge >= 0.3 is 6.09 Å². The third-order valence-electron chi connectivity index (χ3n) is 2.03. The molecule has 1 rings (SSSR count). The minimum absolute atomic E-state index is 0.250. The van der Waals surface area contributed by atoms with Gasteiger partial charge in [-0.25, -0.2) is 4.79 Å². The lowest BCUT2D eigenvalue weighted by atomic mass is 10.1. The molecule has 0 bridgehead atoms. The summed E-state index contributed by atoms with van der Waals surface area (Å²) in [5.74, 6) is 6.29. The van der Waals surface area contributed by atoms with Crippen molar-refractivity contribution in [3.8, 4) is 11.8 Å². The predicted molar refractivity (Wildman–Crippen MR) is 77.1 cm³/mol. The fourth-order valence-corrected chi connectivity index (χ4v) is 1.48. The predicted octanol–water partition coefficient (Wildman–Crippen LogP) is 3.30. The molecule has 1 amide bonds. The summed E-state index contributed by atoms with van der Waals surface area (Å²) in [5.41, 5.74) is 1.41. The van der Waals surface area contributed by atoms with Crippen molar-refractivity contribution in [1.82, 2.24) is 5.32 Å². The van der Waals surface area contributed by atoms with Gasteiger partial charge < -0.3 is 10.1 Å². The van der Waals surface area contributed by atoms with Crippen molar-refractivity contribution >= 4 is 17.7 Å². The van der Waals surface area contributed by atoms with E-state index < -0.39 is 11.7 Å². The van der Waals surface area contributed by atoms with Crippen molar-refractivity contribution in [3.63, 3.8) is 0 Å².